The summed E-state index contributed by atoms with van der Waals surface area (Å²) < 4.78 is 46.3. The highest BCUT2D eigenvalue weighted by molar-refractivity contribution is 5.74. The lowest BCUT2D eigenvalue weighted by atomic mass is 10.0. The van der Waals surface area contributed by atoms with Crippen LogP contribution in [-0.4, -0.2) is 24.2 Å². The average molecular weight is 346 g/mol. The molecule has 7 heteroatoms. The molecule has 0 aromatic heterocycles. The van der Waals surface area contributed by atoms with Crippen LogP contribution < -0.4 is 4.74 Å². The zero-order valence-corrected chi connectivity index (χ0v) is 13.9. The van der Waals surface area contributed by atoms with Crippen molar-refractivity contribution in [2.24, 2.45) is 0 Å². The third kappa shape index (κ3) is 6.60. The van der Waals surface area contributed by atoms with Gasteiger partial charge in [0.15, 0.2) is 6.10 Å². The molecule has 0 saturated heterocycles. The molecule has 0 radical (unpaired) electrons. The van der Waals surface area contributed by atoms with Crippen molar-refractivity contribution in [1.29, 1.82) is 0 Å². The van der Waals surface area contributed by atoms with E-state index in [1.54, 1.807) is 12.1 Å². The molecule has 24 heavy (non-hydrogen) atoms. The first-order valence-electron chi connectivity index (χ1n) is 7.67. The zero-order valence-electron chi connectivity index (χ0n) is 13.9. The second kappa shape index (κ2) is 8.70. The number of rotatable bonds is 7. The van der Waals surface area contributed by atoms with Crippen molar-refractivity contribution in [2.75, 3.05) is 0 Å². The van der Waals surface area contributed by atoms with Gasteiger partial charge >= 0.3 is 18.1 Å². The van der Waals surface area contributed by atoms with Crippen molar-refractivity contribution in [1.82, 2.24) is 0 Å². The van der Waals surface area contributed by atoms with Gasteiger partial charge < -0.3 is 9.47 Å². The smallest absolute Gasteiger partial charge is 0.425 e. The van der Waals surface area contributed by atoms with Gasteiger partial charge in [0.1, 0.15) is 5.75 Å². The van der Waals surface area contributed by atoms with E-state index in [-0.39, 0.29) is 25.2 Å². The van der Waals surface area contributed by atoms with Crippen molar-refractivity contribution < 1.29 is 32.2 Å². The van der Waals surface area contributed by atoms with E-state index in [1.807, 2.05) is 26.0 Å². The number of para-hydroxylation sites is 1. The molecule has 0 amide bonds. The van der Waals surface area contributed by atoms with Crippen molar-refractivity contribution in [2.45, 2.75) is 58.2 Å². The molecule has 0 saturated carbocycles. The van der Waals surface area contributed by atoms with E-state index in [0.717, 1.165) is 12.5 Å². The van der Waals surface area contributed by atoms with Crippen LogP contribution in [-0.2, 0) is 14.3 Å². The van der Waals surface area contributed by atoms with Gasteiger partial charge in [-0.25, -0.2) is 0 Å². The second-order valence-corrected chi connectivity index (χ2v) is 5.69. The standard InChI is InChI=1S/C17H21F3O4/c1-11(2)13-7-4-5-8-14(13)24-16(22)10-6-9-15(21)23-12(3)17(18,19)20/h4-5,7-8,11-12H,6,9-10H2,1-3H3. The van der Waals surface area contributed by atoms with E-state index in [0.29, 0.717) is 5.75 Å². The summed E-state index contributed by atoms with van der Waals surface area (Å²) in [6.07, 6.45) is -7.04. The summed E-state index contributed by atoms with van der Waals surface area (Å²) >= 11 is 0. The Morgan fingerprint density at radius 2 is 1.62 bits per heavy atom. The van der Waals surface area contributed by atoms with E-state index < -0.39 is 24.2 Å². The molecule has 0 spiro atoms. The highest BCUT2D eigenvalue weighted by Gasteiger charge is 2.38. The maximum atomic E-state index is 12.3. The second-order valence-electron chi connectivity index (χ2n) is 5.69. The Kier molecular flexibility index (Phi) is 7.25. The van der Waals surface area contributed by atoms with Crippen LogP contribution in [0.3, 0.4) is 0 Å². The maximum absolute atomic E-state index is 12.3. The molecule has 0 aliphatic rings. The number of carbonyl (C=O) groups is 2. The predicted octanol–water partition coefficient (Wildman–Crippen LogP) is 4.38. The molecule has 1 rings (SSSR count). The SMILES string of the molecule is CC(C)c1ccccc1OC(=O)CCCC(=O)OC(C)C(F)(F)F. The van der Waals surface area contributed by atoms with Gasteiger partial charge in [-0.15, -0.1) is 0 Å². The molecule has 0 heterocycles. The van der Waals surface area contributed by atoms with Crippen LogP contribution in [0.25, 0.3) is 0 Å². The van der Waals surface area contributed by atoms with Crippen LogP contribution >= 0.6 is 0 Å². The summed E-state index contributed by atoms with van der Waals surface area (Å²) in [5.74, 6) is -0.909. The van der Waals surface area contributed by atoms with Gasteiger partial charge in [-0.2, -0.15) is 13.2 Å². The molecule has 1 aromatic rings. The minimum Gasteiger partial charge on any atom is -0.453 e. The molecule has 4 nitrogen and oxygen atoms in total. The number of hydrogen-bond donors (Lipinski definition) is 0. The Balaban J connectivity index is 2.41. The van der Waals surface area contributed by atoms with Crippen LogP contribution in [0.4, 0.5) is 13.2 Å². The lowest BCUT2D eigenvalue weighted by molar-refractivity contribution is -0.216. The summed E-state index contributed by atoms with van der Waals surface area (Å²) in [6, 6.07) is 7.10. The minimum atomic E-state index is -4.59. The molecule has 0 aliphatic heterocycles. The average Bonchev–Trinajstić information content (AvgIpc) is 2.46. The van der Waals surface area contributed by atoms with Crippen molar-refractivity contribution >= 4 is 11.9 Å². The number of carbonyl (C=O) groups excluding carboxylic acids is 2. The lowest BCUT2D eigenvalue weighted by Gasteiger charge is -2.16. The molecule has 1 unspecified atom stereocenters. The van der Waals surface area contributed by atoms with Crippen LogP contribution in [0.2, 0.25) is 0 Å². The fraction of sp³-hybridized carbons (Fsp3) is 0.529. The van der Waals surface area contributed by atoms with E-state index >= 15 is 0 Å². The van der Waals surface area contributed by atoms with Gasteiger partial charge in [0.2, 0.25) is 0 Å². The molecular weight excluding hydrogens is 325 g/mol. The highest BCUT2D eigenvalue weighted by Crippen LogP contribution is 2.26. The molecule has 1 aromatic carbocycles. The number of ether oxygens (including phenoxy) is 2. The summed E-state index contributed by atoms with van der Waals surface area (Å²) in [4.78, 5) is 23.1. The molecule has 0 bridgehead atoms. The van der Waals surface area contributed by atoms with E-state index in [2.05, 4.69) is 4.74 Å². The molecule has 1 atom stereocenters. The van der Waals surface area contributed by atoms with Gasteiger partial charge in [-0.1, -0.05) is 32.0 Å². The first kappa shape index (κ1) is 20.0. The van der Waals surface area contributed by atoms with E-state index in [9.17, 15) is 22.8 Å². The minimum absolute atomic E-state index is 0.0616. The molecule has 134 valence electrons. The normalized spacial score (nSPS) is 12.8. The number of hydrogen-bond acceptors (Lipinski definition) is 4. The van der Waals surface area contributed by atoms with Crippen molar-refractivity contribution in [3.05, 3.63) is 29.8 Å². The molecule has 0 N–H and O–H groups in total. The first-order chi connectivity index (χ1) is 11.1. The summed E-state index contributed by atoms with van der Waals surface area (Å²) in [7, 11) is 0. The number of alkyl halides is 3. The van der Waals surface area contributed by atoms with Gasteiger partial charge in [0, 0.05) is 12.8 Å². The van der Waals surface area contributed by atoms with Crippen LogP contribution in [0.15, 0.2) is 24.3 Å². The zero-order chi connectivity index (χ0) is 18.3. The van der Waals surface area contributed by atoms with Gasteiger partial charge in [-0.05, 0) is 30.9 Å². The van der Waals surface area contributed by atoms with Crippen LogP contribution in [0.5, 0.6) is 5.75 Å². The Bertz CT molecular complexity index is 567. The molecule has 0 aliphatic carbocycles. The third-order valence-corrected chi connectivity index (χ3v) is 3.30. The van der Waals surface area contributed by atoms with Crippen molar-refractivity contribution in [3.63, 3.8) is 0 Å². The van der Waals surface area contributed by atoms with Gasteiger partial charge in [-0.3, -0.25) is 9.59 Å². The first-order valence-corrected chi connectivity index (χ1v) is 7.67. The summed E-state index contributed by atoms with van der Waals surface area (Å²) in [5.41, 5.74) is 0.879. The Hall–Kier alpha value is -2.05. The summed E-state index contributed by atoms with van der Waals surface area (Å²) in [5, 5.41) is 0. The topological polar surface area (TPSA) is 52.6 Å². The molecule has 0 fully saturated rings. The van der Waals surface area contributed by atoms with Gasteiger partial charge in [0.05, 0.1) is 0 Å². The fourth-order valence-corrected chi connectivity index (χ4v) is 1.92. The maximum Gasteiger partial charge on any atom is 0.425 e. The van der Waals surface area contributed by atoms with Crippen molar-refractivity contribution in [3.8, 4) is 5.75 Å². The van der Waals surface area contributed by atoms with Gasteiger partial charge in [0.25, 0.3) is 0 Å². The predicted molar refractivity (Wildman–Crippen MR) is 81.6 cm³/mol. The number of benzene rings is 1. The monoisotopic (exact) mass is 346 g/mol. The Morgan fingerprint density at radius 1 is 1.04 bits per heavy atom. The Labute approximate surface area is 138 Å². The molecular formula is C17H21F3O4. The van der Waals surface area contributed by atoms with E-state index in [1.165, 1.54) is 0 Å². The quantitative estimate of drug-likeness (QED) is 0.543. The van der Waals surface area contributed by atoms with Crippen LogP contribution in [0, 0.1) is 0 Å². The lowest BCUT2D eigenvalue weighted by Crippen LogP contribution is -2.30. The Morgan fingerprint density at radius 3 is 2.21 bits per heavy atom. The largest absolute Gasteiger partial charge is 0.453 e. The third-order valence-electron chi connectivity index (χ3n) is 3.30. The van der Waals surface area contributed by atoms with E-state index in [4.69, 9.17) is 4.74 Å². The number of halogens is 3. The fourth-order valence-electron chi connectivity index (χ4n) is 1.92. The summed E-state index contributed by atoms with van der Waals surface area (Å²) in [6.45, 7) is 4.68. The van der Waals surface area contributed by atoms with Crippen LogP contribution in [0.1, 0.15) is 51.5 Å². The highest BCUT2D eigenvalue weighted by atomic mass is 19.4. The number of esters is 2.